The molecule has 0 bridgehead atoms. The third-order valence-electron chi connectivity index (χ3n) is 2.34. The topological polar surface area (TPSA) is 0 Å². The van der Waals surface area contributed by atoms with Crippen LogP contribution in [-0.4, -0.2) is 0 Å². The lowest BCUT2D eigenvalue weighted by molar-refractivity contribution is 1.05. The minimum atomic E-state index is 0.421. The molecule has 72 valence electrons. The Labute approximate surface area is 97.0 Å². The van der Waals surface area contributed by atoms with Gasteiger partial charge in [0, 0.05) is 9.30 Å². The number of hydrogen-bond donors (Lipinski definition) is 0. The summed E-state index contributed by atoms with van der Waals surface area (Å²) < 4.78 is 1.24. The van der Waals surface area contributed by atoms with Gasteiger partial charge in [-0.2, -0.15) is 0 Å². The van der Waals surface area contributed by atoms with Crippen molar-refractivity contribution in [1.82, 2.24) is 0 Å². The zero-order chi connectivity index (χ0) is 10.2. The van der Waals surface area contributed by atoms with E-state index in [0.717, 1.165) is 0 Å². The van der Waals surface area contributed by atoms with Crippen molar-refractivity contribution in [3.8, 4) is 0 Å². The normalized spacial score (nSPS) is 13.1. The van der Waals surface area contributed by atoms with Crippen LogP contribution >= 0.6 is 31.9 Å². The Bertz CT molecular complexity index is 327. The fraction of sp³-hybridized carbons (Fsp3) is 0.455. The summed E-state index contributed by atoms with van der Waals surface area (Å²) in [5.41, 5.74) is 5.42. The van der Waals surface area contributed by atoms with Crippen LogP contribution in [0.3, 0.4) is 0 Å². The second-order valence-electron chi connectivity index (χ2n) is 3.48. The van der Waals surface area contributed by atoms with Gasteiger partial charge in [-0.05, 0) is 49.9 Å². The number of rotatable bonds is 1. The van der Waals surface area contributed by atoms with Crippen LogP contribution in [0, 0.1) is 20.8 Å². The average Bonchev–Trinajstić information content (AvgIpc) is 1.99. The third-order valence-corrected chi connectivity index (χ3v) is 4.01. The molecule has 13 heavy (non-hydrogen) atoms. The minimum Gasteiger partial charge on any atom is -0.0842 e. The Morgan fingerprint density at radius 2 is 1.69 bits per heavy atom. The van der Waals surface area contributed by atoms with E-state index in [1.165, 1.54) is 26.7 Å². The second kappa shape index (κ2) is 4.14. The quantitative estimate of drug-likeness (QED) is 0.652. The molecule has 0 fully saturated rings. The molecule has 0 heterocycles. The minimum absolute atomic E-state index is 0.421. The van der Waals surface area contributed by atoms with Crippen molar-refractivity contribution in [2.45, 2.75) is 32.5 Å². The van der Waals surface area contributed by atoms with E-state index < -0.39 is 0 Å². The lowest BCUT2D eigenvalue weighted by Gasteiger charge is -2.15. The first-order chi connectivity index (χ1) is 5.95. The van der Waals surface area contributed by atoms with Crippen LogP contribution in [0.15, 0.2) is 10.5 Å². The summed E-state index contributed by atoms with van der Waals surface area (Å²) in [5, 5.41) is 0. The van der Waals surface area contributed by atoms with E-state index in [-0.39, 0.29) is 0 Å². The van der Waals surface area contributed by atoms with Crippen LogP contribution in [0.4, 0.5) is 0 Å². The van der Waals surface area contributed by atoms with Gasteiger partial charge >= 0.3 is 0 Å². The Kier molecular flexibility index (Phi) is 3.58. The summed E-state index contributed by atoms with van der Waals surface area (Å²) in [4.78, 5) is 0.421. The van der Waals surface area contributed by atoms with E-state index in [9.17, 15) is 0 Å². The molecule has 0 aliphatic rings. The molecule has 0 amide bonds. The van der Waals surface area contributed by atoms with Crippen LogP contribution < -0.4 is 0 Å². The van der Waals surface area contributed by atoms with E-state index in [2.05, 4.69) is 65.6 Å². The molecule has 0 N–H and O–H groups in total. The smallest absolute Gasteiger partial charge is 0.0372 e. The van der Waals surface area contributed by atoms with Crippen molar-refractivity contribution in [1.29, 1.82) is 0 Å². The molecule has 0 aliphatic heterocycles. The Morgan fingerprint density at radius 3 is 2.15 bits per heavy atom. The number of alkyl halides is 1. The van der Waals surface area contributed by atoms with E-state index in [1.807, 2.05) is 0 Å². The zero-order valence-corrected chi connectivity index (χ0v) is 11.6. The molecule has 0 radical (unpaired) electrons. The van der Waals surface area contributed by atoms with Gasteiger partial charge in [0.1, 0.15) is 0 Å². The monoisotopic (exact) mass is 304 g/mol. The highest BCUT2D eigenvalue weighted by molar-refractivity contribution is 9.10. The Balaban J connectivity index is 3.44. The van der Waals surface area contributed by atoms with Crippen molar-refractivity contribution in [2.24, 2.45) is 0 Å². The fourth-order valence-electron chi connectivity index (χ4n) is 1.79. The summed E-state index contributed by atoms with van der Waals surface area (Å²) in [6.45, 7) is 8.63. The van der Waals surface area contributed by atoms with E-state index in [1.54, 1.807) is 0 Å². The molecule has 1 atom stereocenters. The van der Waals surface area contributed by atoms with Crippen LogP contribution in [0.25, 0.3) is 0 Å². The lowest BCUT2D eigenvalue weighted by atomic mass is 9.98. The molecule has 1 aromatic rings. The maximum absolute atomic E-state index is 3.62. The van der Waals surface area contributed by atoms with Crippen molar-refractivity contribution >= 4 is 31.9 Å². The van der Waals surface area contributed by atoms with E-state index >= 15 is 0 Å². The van der Waals surface area contributed by atoms with Gasteiger partial charge in [0.25, 0.3) is 0 Å². The highest BCUT2D eigenvalue weighted by atomic mass is 79.9. The van der Waals surface area contributed by atoms with Crippen molar-refractivity contribution in [3.05, 3.63) is 32.8 Å². The molecule has 1 aromatic carbocycles. The van der Waals surface area contributed by atoms with Crippen LogP contribution in [0.5, 0.6) is 0 Å². The molecule has 0 spiro atoms. The number of halogens is 2. The molecule has 0 aromatic heterocycles. The average molecular weight is 306 g/mol. The van der Waals surface area contributed by atoms with Crippen molar-refractivity contribution in [3.63, 3.8) is 0 Å². The van der Waals surface area contributed by atoms with Gasteiger partial charge in [-0.1, -0.05) is 37.9 Å². The van der Waals surface area contributed by atoms with Gasteiger partial charge in [0.15, 0.2) is 0 Å². The first kappa shape index (κ1) is 11.3. The van der Waals surface area contributed by atoms with Gasteiger partial charge in [-0.25, -0.2) is 0 Å². The molecular weight excluding hydrogens is 292 g/mol. The predicted molar refractivity (Wildman–Crippen MR) is 65.7 cm³/mol. The van der Waals surface area contributed by atoms with Crippen LogP contribution in [0.1, 0.15) is 34.0 Å². The maximum atomic E-state index is 3.62. The molecular formula is C11H14Br2. The number of benzene rings is 1. The molecule has 0 nitrogen and oxygen atoms in total. The largest absolute Gasteiger partial charge is 0.0842 e. The Hall–Kier alpha value is 0.180. The summed E-state index contributed by atoms with van der Waals surface area (Å²) in [6, 6.07) is 2.23. The number of hydrogen-bond acceptors (Lipinski definition) is 0. The lowest BCUT2D eigenvalue weighted by Crippen LogP contribution is -1.96. The molecule has 0 saturated heterocycles. The second-order valence-corrected chi connectivity index (χ2v) is 5.65. The van der Waals surface area contributed by atoms with Crippen molar-refractivity contribution < 1.29 is 0 Å². The van der Waals surface area contributed by atoms with Gasteiger partial charge in [-0.15, -0.1) is 0 Å². The van der Waals surface area contributed by atoms with E-state index in [0.29, 0.717) is 4.83 Å². The summed E-state index contributed by atoms with van der Waals surface area (Å²) in [5.74, 6) is 0. The van der Waals surface area contributed by atoms with Gasteiger partial charge in [0.05, 0.1) is 0 Å². The fourth-order valence-corrected chi connectivity index (χ4v) is 2.82. The first-order valence-electron chi connectivity index (χ1n) is 4.35. The summed E-state index contributed by atoms with van der Waals surface area (Å²) >= 11 is 7.23. The van der Waals surface area contributed by atoms with Crippen LogP contribution in [0.2, 0.25) is 0 Å². The van der Waals surface area contributed by atoms with Gasteiger partial charge in [0.2, 0.25) is 0 Å². The molecule has 1 unspecified atom stereocenters. The third kappa shape index (κ3) is 2.16. The van der Waals surface area contributed by atoms with Gasteiger partial charge < -0.3 is 0 Å². The van der Waals surface area contributed by atoms with Crippen LogP contribution in [-0.2, 0) is 0 Å². The standard InChI is InChI=1S/C11H14Br2/c1-6-5-7(2)11(13)8(3)10(6)9(4)12/h5,9H,1-4H3. The molecule has 0 saturated carbocycles. The zero-order valence-electron chi connectivity index (χ0n) is 8.41. The summed E-state index contributed by atoms with van der Waals surface area (Å²) in [6.07, 6.45) is 0. The summed E-state index contributed by atoms with van der Waals surface area (Å²) in [7, 11) is 0. The van der Waals surface area contributed by atoms with Crippen molar-refractivity contribution in [2.75, 3.05) is 0 Å². The van der Waals surface area contributed by atoms with Gasteiger partial charge in [-0.3, -0.25) is 0 Å². The Morgan fingerprint density at radius 1 is 1.15 bits per heavy atom. The highest BCUT2D eigenvalue weighted by Gasteiger charge is 2.12. The predicted octanol–water partition coefficient (Wildman–Crippen LogP) is 4.83. The van der Waals surface area contributed by atoms with E-state index in [4.69, 9.17) is 0 Å². The SMILES string of the molecule is Cc1cc(C)c(C(C)Br)c(C)c1Br. The number of aryl methyl sites for hydroxylation is 2. The first-order valence-corrected chi connectivity index (χ1v) is 6.06. The molecule has 0 aliphatic carbocycles. The molecule has 1 rings (SSSR count). The highest BCUT2D eigenvalue weighted by Crippen LogP contribution is 2.34. The molecule has 2 heteroatoms. The maximum Gasteiger partial charge on any atom is 0.0372 e.